The quantitative estimate of drug-likeness (QED) is 0.583. The number of nitrogens with zero attached hydrogens (tertiary/aromatic N) is 2. The molecule has 4 rings (SSSR count). The van der Waals surface area contributed by atoms with E-state index in [1.165, 1.54) is 0 Å². The Hall–Kier alpha value is -3.42. The van der Waals surface area contributed by atoms with E-state index in [1.54, 1.807) is 12.3 Å². The van der Waals surface area contributed by atoms with Gasteiger partial charge in [0.15, 0.2) is 0 Å². The Labute approximate surface area is 187 Å². The third-order valence-corrected chi connectivity index (χ3v) is 5.18. The molecule has 0 spiro atoms. The highest BCUT2D eigenvalue weighted by Gasteiger charge is 2.10. The average Bonchev–Trinajstić information content (AvgIpc) is 2.85. The fourth-order valence-electron chi connectivity index (χ4n) is 3.37. The van der Waals surface area contributed by atoms with Crippen LogP contribution in [0.3, 0.4) is 0 Å². The van der Waals surface area contributed by atoms with E-state index in [0.29, 0.717) is 13.2 Å². The number of hydrogen-bond acceptors (Lipinski definition) is 6. The van der Waals surface area contributed by atoms with Crippen LogP contribution < -0.4 is 14.8 Å². The molecule has 0 radical (unpaired) electrons. The lowest BCUT2D eigenvalue weighted by molar-refractivity contribution is 0.0322. The second kappa shape index (κ2) is 11.3. The number of ether oxygens (including phenoxy) is 3. The van der Waals surface area contributed by atoms with Crippen molar-refractivity contribution in [2.75, 3.05) is 39.5 Å². The molecule has 0 aliphatic carbocycles. The Morgan fingerprint density at radius 1 is 0.969 bits per heavy atom. The maximum atomic E-state index is 12.0. The van der Waals surface area contributed by atoms with Crippen LogP contribution in [0.2, 0.25) is 0 Å². The standard InChI is InChI=1S/C25H27N3O4/c29-25(27-18-20-4-2-1-3-5-20)32-24-11-8-22(19-26-24)21-6-9-23(10-7-21)31-17-14-28-12-15-30-16-13-28/h1-11,19H,12-18H2,(H,27,29). The minimum Gasteiger partial charge on any atom is -0.492 e. The Balaban J connectivity index is 1.23. The number of rotatable bonds is 8. The molecular formula is C25H27N3O4. The largest absolute Gasteiger partial charge is 0.492 e. The van der Waals surface area contributed by atoms with Crippen molar-refractivity contribution in [2.45, 2.75) is 6.54 Å². The summed E-state index contributed by atoms with van der Waals surface area (Å²) < 4.78 is 16.5. The second-order valence-corrected chi connectivity index (χ2v) is 7.44. The van der Waals surface area contributed by atoms with Gasteiger partial charge >= 0.3 is 6.09 Å². The van der Waals surface area contributed by atoms with Gasteiger partial charge in [0.05, 0.1) is 13.2 Å². The van der Waals surface area contributed by atoms with Crippen molar-refractivity contribution in [2.24, 2.45) is 0 Å². The number of amides is 1. The monoisotopic (exact) mass is 433 g/mol. The van der Waals surface area contributed by atoms with E-state index >= 15 is 0 Å². The molecule has 1 amide bonds. The summed E-state index contributed by atoms with van der Waals surface area (Å²) in [6.07, 6.45) is 1.15. The van der Waals surface area contributed by atoms with Gasteiger partial charge in [0.2, 0.25) is 5.88 Å². The molecule has 7 nitrogen and oxygen atoms in total. The first kappa shape index (κ1) is 21.8. The number of carbonyl (C=O) groups is 1. The van der Waals surface area contributed by atoms with Gasteiger partial charge in [0.25, 0.3) is 0 Å². The van der Waals surface area contributed by atoms with Gasteiger partial charge in [-0.25, -0.2) is 9.78 Å². The highest BCUT2D eigenvalue weighted by atomic mass is 16.6. The minimum absolute atomic E-state index is 0.252. The SMILES string of the molecule is O=C(NCc1ccccc1)Oc1ccc(-c2ccc(OCCN3CCOCC3)cc2)cn1. The number of hydrogen-bond donors (Lipinski definition) is 1. The summed E-state index contributed by atoms with van der Waals surface area (Å²) >= 11 is 0. The molecule has 1 saturated heterocycles. The Kier molecular flexibility index (Phi) is 7.68. The molecule has 2 aromatic carbocycles. The number of benzene rings is 2. The van der Waals surface area contributed by atoms with Crippen LogP contribution in [-0.2, 0) is 11.3 Å². The van der Waals surface area contributed by atoms with E-state index in [-0.39, 0.29) is 5.88 Å². The van der Waals surface area contributed by atoms with Gasteiger partial charge in [-0.05, 0) is 29.3 Å². The summed E-state index contributed by atoms with van der Waals surface area (Å²) in [6.45, 7) is 5.47. The van der Waals surface area contributed by atoms with Gasteiger partial charge in [0.1, 0.15) is 12.4 Å². The molecule has 0 bridgehead atoms. The summed E-state index contributed by atoms with van der Waals surface area (Å²) in [4.78, 5) is 18.6. The fourth-order valence-corrected chi connectivity index (χ4v) is 3.37. The fraction of sp³-hybridized carbons (Fsp3) is 0.280. The molecule has 1 aliphatic heterocycles. The van der Waals surface area contributed by atoms with Crippen molar-refractivity contribution >= 4 is 6.09 Å². The average molecular weight is 434 g/mol. The van der Waals surface area contributed by atoms with Crippen LogP contribution in [0.5, 0.6) is 11.6 Å². The first-order valence-corrected chi connectivity index (χ1v) is 10.8. The summed E-state index contributed by atoms with van der Waals surface area (Å²) in [5, 5.41) is 2.71. The zero-order valence-corrected chi connectivity index (χ0v) is 17.9. The number of aromatic nitrogens is 1. The first-order chi connectivity index (χ1) is 15.8. The first-order valence-electron chi connectivity index (χ1n) is 10.8. The van der Waals surface area contributed by atoms with Gasteiger partial charge in [-0.3, -0.25) is 4.90 Å². The Bertz CT molecular complexity index is 972. The van der Waals surface area contributed by atoms with Crippen LogP contribution in [0.1, 0.15) is 5.56 Å². The molecule has 0 saturated carbocycles. The van der Waals surface area contributed by atoms with E-state index < -0.39 is 6.09 Å². The lowest BCUT2D eigenvalue weighted by Crippen LogP contribution is -2.38. The van der Waals surface area contributed by atoms with Crippen molar-refractivity contribution in [1.82, 2.24) is 15.2 Å². The highest BCUT2D eigenvalue weighted by molar-refractivity contribution is 5.70. The summed E-state index contributed by atoms with van der Waals surface area (Å²) in [7, 11) is 0. The van der Waals surface area contributed by atoms with Gasteiger partial charge in [-0.2, -0.15) is 0 Å². The van der Waals surface area contributed by atoms with E-state index in [4.69, 9.17) is 14.2 Å². The van der Waals surface area contributed by atoms with Crippen LogP contribution in [0.25, 0.3) is 11.1 Å². The van der Waals surface area contributed by atoms with E-state index in [9.17, 15) is 4.79 Å². The molecule has 2 heterocycles. The number of carbonyl (C=O) groups excluding carboxylic acids is 1. The molecule has 0 unspecified atom stereocenters. The van der Waals surface area contributed by atoms with Crippen LogP contribution in [-0.4, -0.2) is 55.4 Å². The predicted molar refractivity (Wildman–Crippen MR) is 122 cm³/mol. The molecule has 166 valence electrons. The third kappa shape index (κ3) is 6.54. The summed E-state index contributed by atoms with van der Waals surface area (Å²) in [5.41, 5.74) is 2.95. The van der Waals surface area contributed by atoms with Crippen LogP contribution >= 0.6 is 0 Å². The molecule has 0 atom stereocenters. The van der Waals surface area contributed by atoms with Crippen molar-refractivity contribution in [3.05, 3.63) is 78.5 Å². The number of nitrogens with one attached hydrogen (secondary N) is 1. The molecule has 1 aromatic heterocycles. The number of morpholine rings is 1. The van der Waals surface area contributed by atoms with Crippen LogP contribution in [0.4, 0.5) is 4.79 Å². The van der Waals surface area contributed by atoms with Gasteiger partial charge in [-0.1, -0.05) is 42.5 Å². The Morgan fingerprint density at radius 2 is 1.72 bits per heavy atom. The maximum absolute atomic E-state index is 12.0. The summed E-state index contributed by atoms with van der Waals surface area (Å²) in [6, 6.07) is 21.1. The van der Waals surface area contributed by atoms with Crippen LogP contribution in [0.15, 0.2) is 72.9 Å². The van der Waals surface area contributed by atoms with E-state index in [0.717, 1.165) is 55.3 Å². The number of pyridine rings is 1. The topological polar surface area (TPSA) is 72.9 Å². The molecule has 3 aromatic rings. The predicted octanol–water partition coefficient (Wildman–Crippen LogP) is 3.75. The van der Waals surface area contributed by atoms with E-state index in [2.05, 4.69) is 15.2 Å². The summed E-state index contributed by atoms with van der Waals surface area (Å²) in [5.74, 6) is 1.09. The zero-order valence-electron chi connectivity index (χ0n) is 17.9. The van der Waals surface area contributed by atoms with Crippen molar-refractivity contribution in [3.8, 4) is 22.8 Å². The van der Waals surface area contributed by atoms with Gasteiger partial charge < -0.3 is 19.5 Å². The molecular weight excluding hydrogens is 406 g/mol. The van der Waals surface area contributed by atoms with Crippen LogP contribution in [0, 0.1) is 0 Å². The molecule has 1 fully saturated rings. The third-order valence-electron chi connectivity index (χ3n) is 5.18. The van der Waals surface area contributed by atoms with E-state index in [1.807, 2.05) is 60.7 Å². The smallest absolute Gasteiger partial charge is 0.414 e. The second-order valence-electron chi connectivity index (χ2n) is 7.44. The molecule has 32 heavy (non-hydrogen) atoms. The maximum Gasteiger partial charge on any atom is 0.414 e. The normalized spacial score (nSPS) is 14.0. The van der Waals surface area contributed by atoms with Crippen molar-refractivity contribution in [1.29, 1.82) is 0 Å². The van der Waals surface area contributed by atoms with Crippen molar-refractivity contribution in [3.63, 3.8) is 0 Å². The molecule has 7 heteroatoms. The molecule has 1 aliphatic rings. The highest BCUT2D eigenvalue weighted by Crippen LogP contribution is 2.23. The lowest BCUT2D eigenvalue weighted by Gasteiger charge is -2.26. The van der Waals surface area contributed by atoms with Gasteiger partial charge in [0, 0.05) is 44.0 Å². The Morgan fingerprint density at radius 3 is 2.44 bits per heavy atom. The minimum atomic E-state index is -0.535. The van der Waals surface area contributed by atoms with Crippen molar-refractivity contribution < 1.29 is 19.0 Å². The lowest BCUT2D eigenvalue weighted by atomic mass is 10.1. The van der Waals surface area contributed by atoms with Gasteiger partial charge in [-0.15, -0.1) is 0 Å². The zero-order chi connectivity index (χ0) is 22.0. The molecule has 1 N–H and O–H groups in total.